The van der Waals surface area contributed by atoms with Crippen LogP contribution in [0.3, 0.4) is 0 Å². The molecule has 1 aromatic carbocycles. The zero-order valence-corrected chi connectivity index (χ0v) is 12.7. The van der Waals surface area contributed by atoms with E-state index >= 15 is 0 Å². The van der Waals surface area contributed by atoms with Crippen LogP contribution in [0.4, 0.5) is 5.69 Å². The molecule has 1 heterocycles. The third-order valence-corrected chi connectivity index (χ3v) is 4.71. The quantitative estimate of drug-likeness (QED) is 0.838. The lowest BCUT2D eigenvalue weighted by Gasteiger charge is -2.27. The molecule has 2 rings (SSSR count). The summed E-state index contributed by atoms with van der Waals surface area (Å²) in [5, 5.41) is 9.10. The highest BCUT2D eigenvalue weighted by Crippen LogP contribution is 2.45. The van der Waals surface area contributed by atoms with E-state index in [0.29, 0.717) is 11.5 Å². The monoisotopic (exact) mass is 270 g/mol. The Labute approximate surface area is 121 Å². The topological polar surface area (TPSA) is 44.1 Å². The summed E-state index contributed by atoms with van der Waals surface area (Å²) in [5.74, 6) is 0.684. The molecule has 0 spiro atoms. The lowest BCUT2D eigenvalue weighted by atomic mass is 9.74. The highest BCUT2D eigenvalue weighted by atomic mass is 16.2. The van der Waals surface area contributed by atoms with Crippen LogP contribution in [-0.2, 0) is 10.2 Å². The van der Waals surface area contributed by atoms with Crippen molar-refractivity contribution >= 4 is 11.6 Å². The van der Waals surface area contributed by atoms with E-state index in [1.54, 1.807) is 11.0 Å². The zero-order valence-electron chi connectivity index (χ0n) is 12.7. The van der Waals surface area contributed by atoms with E-state index in [-0.39, 0.29) is 5.91 Å². The minimum Gasteiger partial charge on any atom is -0.314 e. The molecule has 0 N–H and O–H groups in total. The Hall–Kier alpha value is -1.82. The number of anilines is 1. The SMILES string of the molecule is CCC(CC)CC1(C)C(=O)N(C)c2ccc(C#N)cc21. The second kappa shape index (κ2) is 5.28. The minimum atomic E-state index is -0.492. The maximum absolute atomic E-state index is 12.7. The van der Waals surface area contributed by atoms with Crippen LogP contribution in [0.15, 0.2) is 18.2 Å². The van der Waals surface area contributed by atoms with Gasteiger partial charge in [-0.15, -0.1) is 0 Å². The standard InChI is InChI=1S/C17H22N2O/c1-5-12(6-2)10-17(3)14-9-13(11-18)7-8-15(14)19(4)16(17)20/h7-9,12H,5-6,10H2,1-4H3. The number of carbonyl (C=O) groups excluding carboxylic acids is 1. The second-order valence-electron chi connectivity index (χ2n) is 5.93. The third-order valence-electron chi connectivity index (χ3n) is 4.71. The van der Waals surface area contributed by atoms with Crippen LogP contribution in [0.2, 0.25) is 0 Å². The fraction of sp³-hybridized carbons (Fsp3) is 0.529. The molecule has 20 heavy (non-hydrogen) atoms. The summed E-state index contributed by atoms with van der Waals surface area (Å²) in [6.45, 7) is 6.37. The molecule has 0 saturated heterocycles. The number of rotatable bonds is 4. The van der Waals surface area contributed by atoms with Gasteiger partial charge in [0, 0.05) is 12.7 Å². The van der Waals surface area contributed by atoms with Crippen molar-refractivity contribution in [2.75, 3.05) is 11.9 Å². The van der Waals surface area contributed by atoms with Crippen molar-refractivity contribution in [1.82, 2.24) is 0 Å². The van der Waals surface area contributed by atoms with Crippen LogP contribution in [0, 0.1) is 17.2 Å². The van der Waals surface area contributed by atoms with E-state index in [4.69, 9.17) is 5.26 Å². The molecule has 0 saturated carbocycles. The van der Waals surface area contributed by atoms with Crippen LogP contribution in [-0.4, -0.2) is 13.0 Å². The summed E-state index contributed by atoms with van der Waals surface area (Å²) in [4.78, 5) is 14.4. The molecule has 1 aliphatic heterocycles. The molecule has 3 heteroatoms. The first-order valence-electron chi connectivity index (χ1n) is 7.30. The number of carbonyl (C=O) groups is 1. The molecule has 0 radical (unpaired) electrons. The van der Waals surface area contributed by atoms with Crippen LogP contribution in [0.25, 0.3) is 0 Å². The zero-order chi connectivity index (χ0) is 14.9. The Morgan fingerprint density at radius 3 is 2.55 bits per heavy atom. The van der Waals surface area contributed by atoms with E-state index in [1.807, 2.05) is 26.1 Å². The first-order valence-corrected chi connectivity index (χ1v) is 7.30. The number of hydrogen-bond acceptors (Lipinski definition) is 2. The number of amides is 1. The third kappa shape index (κ3) is 2.10. The van der Waals surface area contributed by atoms with Gasteiger partial charge < -0.3 is 4.90 Å². The van der Waals surface area contributed by atoms with Crippen LogP contribution in [0.5, 0.6) is 0 Å². The number of nitriles is 1. The molecule has 0 aliphatic carbocycles. The fourth-order valence-electron chi connectivity index (χ4n) is 3.29. The van der Waals surface area contributed by atoms with E-state index < -0.39 is 5.41 Å². The minimum absolute atomic E-state index is 0.148. The summed E-state index contributed by atoms with van der Waals surface area (Å²) < 4.78 is 0. The van der Waals surface area contributed by atoms with E-state index in [2.05, 4.69) is 19.9 Å². The van der Waals surface area contributed by atoms with Gasteiger partial charge in [0.1, 0.15) is 0 Å². The fourth-order valence-corrected chi connectivity index (χ4v) is 3.29. The molecule has 1 atom stereocenters. The van der Waals surface area contributed by atoms with Crippen molar-refractivity contribution in [2.24, 2.45) is 5.92 Å². The van der Waals surface area contributed by atoms with Crippen molar-refractivity contribution in [3.8, 4) is 6.07 Å². The molecule has 0 aromatic heterocycles. The van der Waals surface area contributed by atoms with Crippen molar-refractivity contribution in [1.29, 1.82) is 5.26 Å². The summed E-state index contributed by atoms with van der Waals surface area (Å²) >= 11 is 0. The van der Waals surface area contributed by atoms with Gasteiger partial charge in [-0.1, -0.05) is 26.7 Å². The van der Waals surface area contributed by atoms with Crippen molar-refractivity contribution in [3.63, 3.8) is 0 Å². The molecule has 1 amide bonds. The molecule has 3 nitrogen and oxygen atoms in total. The van der Waals surface area contributed by atoms with Gasteiger partial charge >= 0.3 is 0 Å². The Morgan fingerprint density at radius 1 is 1.35 bits per heavy atom. The van der Waals surface area contributed by atoms with Crippen molar-refractivity contribution < 1.29 is 4.79 Å². The Kier molecular flexibility index (Phi) is 3.85. The smallest absolute Gasteiger partial charge is 0.237 e. The predicted octanol–water partition coefficient (Wildman–Crippen LogP) is 3.62. The average molecular weight is 270 g/mol. The number of nitrogens with zero attached hydrogens (tertiary/aromatic N) is 2. The molecular weight excluding hydrogens is 248 g/mol. The highest BCUT2D eigenvalue weighted by molar-refractivity contribution is 6.07. The van der Waals surface area contributed by atoms with Gasteiger partial charge in [-0.05, 0) is 43.0 Å². The van der Waals surface area contributed by atoms with Crippen molar-refractivity contribution in [2.45, 2.75) is 45.4 Å². The van der Waals surface area contributed by atoms with Crippen molar-refractivity contribution in [3.05, 3.63) is 29.3 Å². The van der Waals surface area contributed by atoms with Gasteiger partial charge in [0.05, 0.1) is 17.0 Å². The van der Waals surface area contributed by atoms with Gasteiger partial charge in [0.25, 0.3) is 0 Å². The average Bonchev–Trinajstić information content (AvgIpc) is 2.66. The molecule has 0 fully saturated rings. The summed E-state index contributed by atoms with van der Waals surface area (Å²) in [5.41, 5.74) is 2.09. The van der Waals surface area contributed by atoms with E-state index in [0.717, 1.165) is 30.5 Å². The summed E-state index contributed by atoms with van der Waals surface area (Å²) in [7, 11) is 1.82. The maximum Gasteiger partial charge on any atom is 0.237 e. The number of benzene rings is 1. The van der Waals surface area contributed by atoms with E-state index in [1.165, 1.54) is 0 Å². The molecular formula is C17H22N2O. The van der Waals surface area contributed by atoms with Gasteiger partial charge in [0.2, 0.25) is 5.91 Å². The second-order valence-corrected chi connectivity index (χ2v) is 5.93. The molecule has 1 aromatic rings. The Morgan fingerprint density at radius 2 is 2.00 bits per heavy atom. The number of likely N-dealkylation sites (N-methyl/N-ethyl adjacent to an activating group) is 1. The largest absolute Gasteiger partial charge is 0.314 e. The molecule has 1 unspecified atom stereocenters. The molecule has 0 bridgehead atoms. The van der Waals surface area contributed by atoms with Crippen LogP contribution >= 0.6 is 0 Å². The summed E-state index contributed by atoms with van der Waals surface area (Å²) in [6.07, 6.45) is 3.01. The van der Waals surface area contributed by atoms with Crippen LogP contribution in [0.1, 0.15) is 51.2 Å². The summed E-state index contributed by atoms with van der Waals surface area (Å²) in [6, 6.07) is 7.74. The normalized spacial score (nSPS) is 21.2. The van der Waals surface area contributed by atoms with Gasteiger partial charge in [-0.2, -0.15) is 5.26 Å². The first-order chi connectivity index (χ1) is 9.47. The highest BCUT2D eigenvalue weighted by Gasteiger charge is 2.46. The first kappa shape index (κ1) is 14.6. The number of hydrogen-bond donors (Lipinski definition) is 0. The van der Waals surface area contributed by atoms with Gasteiger partial charge in [0.15, 0.2) is 0 Å². The maximum atomic E-state index is 12.7. The Bertz CT molecular complexity index is 569. The van der Waals surface area contributed by atoms with Gasteiger partial charge in [-0.3, -0.25) is 4.79 Å². The number of fused-ring (bicyclic) bond motifs is 1. The predicted molar refractivity (Wildman–Crippen MR) is 80.6 cm³/mol. The molecule has 1 aliphatic rings. The van der Waals surface area contributed by atoms with Crippen LogP contribution < -0.4 is 4.90 Å². The Balaban J connectivity index is 2.50. The van der Waals surface area contributed by atoms with Gasteiger partial charge in [-0.25, -0.2) is 0 Å². The molecule has 106 valence electrons. The lowest BCUT2D eigenvalue weighted by Crippen LogP contribution is -2.37. The van der Waals surface area contributed by atoms with E-state index in [9.17, 15) is 4.79 Å². The lowest BCUT2D eigenvalue weighted by molar-refractivity contribution is -0.123.